The number of rotatable bonds is 2. The predicted molar refractivity (Wildman–Crippen MR) is 89.6 cm³/mol. The van der Waals surface area contributed by atoms with Crippen LogP contribution in [0.2, 0.25) is 10.0 Å². The molecule has 0 spiro atoms. The second kappa shape index (κ2) is 6.81. The van der Waals surface area contributed by atoms with E-state index in [2.05, 4.69) is 10.6 Å². The van der Waals surface area contributed by atoms with Gasteiger partial charge < -0.3 is 10.6 Å². The molecular weight excluding hydrogens is 323 g/mol. The minimum atomic E-state index is -0.795. The van der Waals surface area contributed by atoms with Gasteiger partial charge in [0.2, 0.25) is 0 Å². The van der Waals surface area contributed by atoms with Gasteiger partial charge in [0.05, 0.1) is 0 Å². The summed E-state index contributed by atoms with van der Waals surface area (Å²) in [6, 6.07) is 9.97. The van der Waals surface area contributed by atoms with Crippen LogP contribution < -0.4 is 10.6 Å². The molecule has 0 bridgehead atoms. The smallest absolute Gasteiger partial charge is 0.314 e. The highest BCUT2D eigenvalue weighted by Gasteiger charge is 2.14. The van der Waals surface area contributed by atoms with Gasteiger partial charge in [-0.3, -0.25) is 9.59 Å². The summed E-state index contributed by atoms with van der Waals surface area (Å²) in [6.45, 7) is 3.90. The molecule has 0 saturated carbocycles. The Kier molecular flexibility index (Phi) is 5.06. The Morgan fingerprint density at radius 1 is 0.773 bits per heavy atom. The van der Waals surface area contributed by atoms with E-state index in [4.69, 9.17) is 23.2 Å². The van der Waals surface area contributed by atoms with Crippen LogP contribution >= 0.6 is 23.2 Å². The number of halogens is 2. The first kappa shape index (κ1) is 16.3. The zero-order valence-electron chi connectivity index (χ0n) is 12.0. The normalized spacial score (nSPS) is 10.2. The summed E-state index contributed by atoms with van der Waals surface area (Å²) in [7, 11) is 0. The maximum absolute atomic E-state index is 11.9. The molecule has 0 unspecified atom stereocenters. The van der Waals surface area contributed by atoms with Crippen molar-refractivity contribution >= 4 is 46.4 Å². The molecule has 114 valence electrons. The molecule has 0 radical (unpaired) electrons. The van der Waals surface area contributed by atoms with Gasteiger partial charge in [-0.05, 0) is 55.3 Å². The second-order valence-electron chi connectivity index (χ2n) is 4.87. The first-order valence-corrected chi connectivity index (χ1v) is 7.26. The molecule has 0 aromatic heterocycles. The second-order valence-corrected chi connectivity index (χ2v) is 5.74. The van der Waals surface area contributed by atoms with E-state index in [1.807, 2.05) is 19.9 Å². The average molecular weight is 337 g/mol. The predicted octanol–water partition coefficient (Wildman–Crippen LogP) is 4.19. The maximum atomic E-state index is 11.9. The quantitative estimate of drug-likeness (QED) is 0.808. The van der Waals surface area contributed by atoms with E-state index in [1.165, 1.54) is 18.2 Å². The van der Waals surface area contributed by atoms with Gasteiger partial charge in [-0.25, -0.2) is 0 Å². The van der Waals surface area contributed by atoms with Gasteiger partial charge in [-0.1, -0.05) is 29.3 Å². The van der Waals surface area contributed by atoms with Gasteiger partial charge in [0.1, 0.15) is 0 Å². The Labute approximate surface area is 138 Å². The molecule has 0 fully saturated rings. The summed E-state index contributed by atoms with van der Waals surface area (Å²) in [5.74, 6) is -1.56. The van der Waals surface area contributed by atoms with E-state index in [0.717, 1.165) is 11.1 Å². The zero-order chi connectivity index (χ0) is 16.3. The number of anilines is 2. The number of nitrogens with one attached hydrogen (secondary N) is 2. The fourth-order valence-corrected chi connectivity index (χ4v) is 2.35. The highest BCUT2D eigenvalue weighted by Crippen LogP contribution is 2.22. The summed E-state index contributed by atoms with van der Waals surface area (Å²) >= 11 is 11.7. The third kappa shape index (κ3) is 4.23. The van der Waals surface area contributed by atoms with Crippen LogP contribution in [-0.4, -0.2) is 11.8 Å². The Hall–Kier alpha value is -2.04. The van der Waals surface area contributed by atoms with Crippen LogP contribution in [0.15, 0.2) is 36.4 Å². The lowest BCUT2D eigenvalue weighted by Gasteiger charge is -2.09. The van der Waals surface area contributed by atoms with Crippen molar-refractivity contribution in [1.29, 1.82) is 0 Å². The molecule has 4 nitrogen and oxygen atoms in total. The van der Waals surface area contributed by atoms with Crippen LogP contribution in [0.5, 0.6) is 0 Å². The molecule has 2 rings (SSSR count). The molecule has 0 aliphatic carbocycles. The largest absolute Gasteiger partial charge is 0.318 e. The fourth-order valence-electron chi connectivity index (χ4n) is 1.82. The highest BCUT2D eigenvalue weighted by atomic mass is 35.5. The monoisotopic (exact) mass is 336 g/mol. The summed E-state index contributed by atoms with van der Waals surface area (Å²) in [4.78, 5) is 23.8. The first-order valence-electron chi connectivity index (χ1n) is 6.51. The average Bonchev–Trinajstić information content (AvgIpc) is 2.41. The van der Waals surface area contributed by atoms with Crippen LogP contribution in [0.1, 0.15) is 11.1 Å². The lowest BCUT2D eigenvalue weighted by Crippen LogP contribution is -2.29. The van der Waals surface area contributed by atoms with Crippen molar-refractivity contribution in [2.45, 2.75) is 13.8 Å². The zero-order valence-corrected chi connectivity index (χ0v) is 13.5. The number of amides is 2. The van der Waals surface area contributed by atoms with Crippen molar-refractivity contribution in [3.63, 3.8) is 0 Å². The third-order valence-corrected chi connectivity index (χ3v) is 3.53. The summed E-state index contributed by atoms with van der Waals surface area (Å²) in [5, 5.41) is 5.74. The summed E-state index contributed by atoms with van der Waals surface area (Å²) in [6.07, 6.45) is 0. The van der Waals surface area contributed by atoms with Gasteiger partial charge in [0.25, 0.3) is 0 Å². The standard InChI is InChI=1S/C16H14Cl2N2O2/c1-9-3-4-13(5-10(9)2)19-15(21)16(22)20-14-7-11(17)6-12(18)8-14/h3-8H,1-2H3,(H,19,21)(H,20,22). The van der Waals surface area contributed by atoms with Crippen molar-refractivity contribution in [2.75, 3.05) is 10.6 Å². The number of benzene rings is 2. The first-order chi connectivity index (χ1) is 10.3. The number of carbonyl (C=O) groups excluding carboxylic acids is 2. The van der Waals surface area contributed by atoms with E-state index in [-0.39, 0.29) is 0 Å². The molecule has 2 amide bonds. The molecule has 2 N–H and O–H groups in total. The van der Waals surface area contributed by atoms with Crippen LogP contribution in [0.25, 0.3) is 0 Å². The molecule has 0 aliphatic heterocycles. The minimum absolute atomic E-state index is 0.359. The fraction of sp³-hybridized carbons (Fsp3) is 0.125. The van der Waals surface area contributed by atoms with Gasteiger partial charge in [0.15, 0.2) is 0 Å². The highest BCUT2D eigenvalue weighted by molar-refractivity contribution is 6.44. The topological polar surface area (TPSA) is 58.2 Å². The van der Waals surface area contributed by atoms with Crippen molar-refractivity contribution in [1.82, 2.24) is 0 Å². The molecule has 2 aromatic rings. The maximum Gasteiger partial charge on any atom is 0.314 e. The number of carbonyl (C=O) groups is 2. The molecular formula is C16H14Cl2N2O2. The number of aryl methyl sites for hydroxylation is 2. The Morgan fingerprint density at radius 2 is 1.32 bits per heavy atom. The van der Waals surface area contributed by atoms with Gasteiger partial charge in [0, 0.05) is 21.4 Å². The third-order valence-electron chi connectivity index (χ3n) is 3.09. The van der Waals surface area contributed by atoms with E-state index >= 15 is 0 Å². The van der Waals surface area contributed by atoms with Crippen molar-refractivity contribution in [3.05, 3.63) is 57.6 Å². The van der Waals surface area contributed by atoms with Crippen LogP contribution in [0.4, 0.5) is 11.4 Å². The molecule has 0 heterocycles. The Balaban J connectivity index is 2.05. The molecule has 0 saturated heterocycles. The van der Waals surface area contributed by atoms with Gasteiger partial charge in [-0.15, -0.1) is 0 Å². The van der Waals surface area contributed by atoms with Crippen molar-refractivity contribution < 1.29 is 9.59 Å². The van der Waals surface area contributed by atoms with Gasteiger partial charge >= 0.3 is 11.8 Å². The molecule has 2 aromatic carbocycles. The van der Waals surface area contributed by atoms with Crippen molar-refractivity contribution in [3.8, 4) is 0 Å². The van der Waals surface area contributed by atoms with E-state index in [1.54, 1.807) is 12.1 Å². The van der Waals surface area contributed by atoms with Crippen LogP contribution in [0, 0.1) is 13.8 Å². The van der Waals surface area contributed by atoms with E-state index < -0.39 is 11.8 Å². The SMILES string of the molecule is Cc1ccc(NC(=O)C(=O)Nc2cc(Cl)cc(Cl)c2)cc1C. The van der Waals surface area contributed by atoms with E-state index in [9.17, 15) is 9.59 Å². The lowest BCUT2D eigenvalue weighted by atomic mass is 10.1. The lowest BCUT2D eigenvalue weighted by molar-refractivity contribution is -0.132. The molecule has 0 atom stereocenters. The van der Waals surface area contributed by atoms with Gasteiger partial charge in [-0.2, -0.15) is 0 Å². The Morgan fingerprint density at radius 3 is 1.86 bits per heavy atom. The van der Waals surface area contributed by atoms with E-state index in [0.29, 0.717) is 21.4 Å². The van der Waals surface area contributed by atoms with Crippen LogP contribution in [-0.2, 0) is 9.59 Å². The Bertz CT molecular complexity index is 725. The summed E-state index contributed by atoms with van der Waals surface area (Å²) < 4.78 is 0. The van der Waals surface area contributed by atoms with Crippen molar-refractivity contribution in [2.24, 2.45) is 0 Å². The molecule has 22 heavy (non-hydrogen) atoms. The number of hydrogen-bond acceptors (Lipinski definition) is 2. The molecule has 6 heteroatoms. The van der Waals surface area contributed by atoms with Crippen LogP contribution in [0.3, 0.4) is 0 Å². The molecule has 0 aliphatic rings. The summed E-state index contributed by atoms with van der Waals surface area (Å²) in [5.41, 5.74) is 3.06. The number of hydrogen-bond donors (Lipinski definition) is 2. The minimum Gasteiger partial charge on any atom is -0.318 e.